The van der Waals surface area contributed by atoms with Gasteiger partial charge in [-0.25, -0.2) is 0 Å². The highest BCUT2D eigenvalue weighted by Crippen LogP contribution is 2.38. The highest BCUT2D eigenvalue weighted by molar-refractivity contribution is 5.48. The van der Waals surface area contributed by atoms with Crippen molar-refractivity contribution in [3.05, 3.63) is 66.2 Å². The Balaban J connectivity index is 1.60. The molecule has 120 valence electrons. The van der Waals surface area contributed by atoms with Crippen LogP contribution in [0.1, 0.15) is 31.2 Å². The maximum Gasteiger partial charge on any atom is 0.0432 e. The van der Waals surface area contributed by atoms with E-state index in [0.29, 0.717) is 6.04 Å². The van der Waals surface area contributed by atoms with Crippen LogP contribution in [0.5, 0.6) is 0 Å². The minimum atomic E-state index is 0.659. The van der Waals surface area contributed by atoms with E-state index < -0.39 is 0 Å². The third-order valence-electron chi connectivity index (χ3n) is 5.80. The zero-order chi connectivity index (χ0) is 15.6. The van der Waals surface area contributed by atoms with Crippen molar-refractivity contribution in [2.45, 2.75) is 50.4 Å². The molecule has 0 amide bonds. The van der Waals surface area contributed by atoms with E-state index in [4.69, 9.17) is 0 Å². The summed E-state index contributed by atoms with van der Waals surface area (Å²) < 4.78 is 0. The predicted octanol–water partition coefficient (Wildman–Crippen LogP) is 4.32. The fourth-order valence-corrected chi connectivity index (χ4v) is 4.47. The van der Waals surface area contributed by atoms with Gasteiger partial charge in [-0.1, -0.05) is 48.5 Å². The van der Waals surface area contributed by atoms with Crippen molar-refractivity contribution in [2.75, 3.05) is 11.9 Å². The molecule has 2 fully saturated rings. The highest BCUT2D eigenvalue weighted by Gasteiger charge is 2.40. The number of nitrogens with zero attached hydrogens (tertiary/aromatic N) is 2. The Hall–Kier alpha value is -1.80. The molecule has 2 bridgehead atoms. The van der Waals surface area contributed by atoms with E-state index in [1.54, 1.807) is 0 Å². The van der Waals surface area contributed by atoms with Gasteiger partial charge in [-0.2, -0.15) is 0 Å². The highest BCUT2D eigenvalue weighted by atomic mass is 15.2. The summed E-state index contributed by atoms with van der Waals surface area (Å²) in [5, 5.41) is 0. The van der Waals surface area contributed by atoms with Crippen molar-refractivity contribution in [3.63, 3.8) is 0 Å². The van der Waals surface area contributed by atoms with Gasteiger partial charge in [0.15, 0.2) is 0 Å². The summed E-state index contributed by atoms with van der Waals surface area (Å²) in [5.74, 6) is 0. The normalized spacial score (nSPS) is 27.1. The van der Waals surface area contributed by atoms with Crippen molar-refractivity contribution in [2.24, 2.45) is 0 Å². The minimum absolute atomic E-state index is 0.659. The van der Waals surface area contributed by atoms with E-state index in [2.05, 4.69) is 77.5 Å². The first-order valence-electron chi connectivity index (χ1n) is 8.89. The van der Waals surface area contributed by atoms with Gasteiger partial charge in [0.05, 0.1) is 0 Å². The van der Waals surface area contributed by atoms with Gasteiger partial charge in [0.25, 0.3) is 0 Å². The first-order valence-corrected chi connectivity index (χ1v) is 8.89. The Bertz CT molecular complexity index is 611. The van der Waals surface area contributed by atoms with E-state index in [9.17, 15) is 0 Å². The number of para-hydroxylation sites is 1. The molecular formula is C21H26N2. The van der Waals surface area contributed by atoms with Crippen molar-refractivity contribution in [3.8, 4) is 0 Å². The van der Waals surface area contributed by atoms with E-state index in [-0.39, 0.29) is 0 Å². The van der Waals surface area contributed by atoms with Crippen LogP contribution in [0.2, 0.25) is 0 Å². The van der Waals surface area contributed by atoms with Crippen molar-refractivity contribution < 1.29 is 0 Å². The molecule has 2 aliphatic rings. The van der Waals surface area contributed by atoms with Gasteiger partial charge in [-0.15, -0.1) is 0 Å². The third-order valence-corrected chi connectivity index (χ3v) is 5.80. The number of hydrogen-bond donors (Lipinski definition) is 0. The molecule has 0 N–H and O–H groups in total. The standard InChI is InChI=1S/C21H26N2/c1-22-19-12-13-20(22)15-21(14-19)23(18-10-6-3-7-11-18)16-17-8-4-2-5-9-17/h2-11,19-21H,12-16H2,1H3. The molecule has 2 saturated heterocycles. The summed E-state index contributed by atoms with van der Waals surface area (Å²) in [7, 11) is 2.32. The van der Waals surface area contributed by atoms with E-state index in [1.807, 2.05) is 0 Å². The van der Waals surface area contributed by atoms with Crippen molar-refractivity contribution in [1.29, 1.82) is 0 Å². The third kappa shape index (κ3) is 3.00. The number of rotatable bonds is 4. The molecule has 2 heteroatoms. The Labute approximate surface area is 139 Å². The smallest absolute Gasteiger partial charge is 0.0432 e. The predicted molar refractivity (Wildman–Crippen MR) is 96.7 cm³/mol. The molecule has 0 aromatic heterocycles. The largest absolute Gasteiger partial charge is 0.364 e. The van der Waals surface area contributed by atoms with Crippen LogP contribution < -0.4 is 4.90 Å². The Morgan fingerprint density at radius 3 is 2.04 bits per heavy atom. The molecule has 2 nitrogen and oxygen atoms in total. The molecule has 4 rings (SSSR count). The SMILES string of the molecule is CN1C2CCC1CC(N(Cc1ccccc1)c1ccccc1)C2. The molecule has 0 radical (unpaired) electrons. The van der Waals surface area contributed by atoms with Gasteiger partial charge >= 0.3 is 0 Å². The maximum atomic E-state index is 2.65. The summed E-state index contributed by atoms with van der Waals surface area (Å²) in [6, 6.07) is 24.1. The quantitative estimate of drug-likeness (QED) is 0.830. The Morgan fingerprint density at radius 1 is 0.870 bits per heavy atom. The molecule has 0 aliphatic carbocycles. The molecule has 0 saturated carbocycles. The second kappa shape index (κ2) is 6.37. The number of anilines is 1. The molecule has 2 aromatic carbocycles. The van der Waals surface area contributed by atoms with Crippen LogP contribution in [-0.4, -0.2) is 30.1 Å². The van der Waals surface area contributed by atoms with Gasteiger partial charge in [-0.3, -0.25) is 0 Å². The molecule has 2 aromatic rings. The number of benzene rings is 2. The number of hydrogen-bond acceptors (Lipinski definition) is 2. The molecule has 2 heterocycles. The zero-order valence-electron chi connectivity index (χ0n) is 13.9. The van der Waals surface area contributed by atoms with Crippen molar-refractivity contribution in [1.82, 2.24) is 4.90 Å². The summed E-state index contributed by atoms with van der Waals surface area (Å²) >= 11 is 0. The van der Waals surface area contributed by atoms with Crippen LogP contribution >= 0.6 is 0 Å². The average Bonchev–Trinajstić information content (AvgIpc) is 2.82. The van der Waals surface area contributed by atoms with Crippen LogP contribution in [0.4, 0.5) is 5.69 Å². The van der Waals surface area contributed by atoms with Crippen LogP contribution in [0.15, 0.2) is 60.7 Å². The molecule has 2 unspecified atom stereocenters. The van der Waals surface area contributed by atoms with E-state index >= 15 is 0 Å². The second-order valence-electron chi connectivity index (χ2n) is 7.12. The molecule has 2 aliphatic heterocycles. The fourth-order valence-electron chi connectivity index (χ4n) is 4.47. The lowest BCUT2D eigenvalue weighted by atomic mass is 9.95. The Morgan fingerprint density at radius 2 is 1.43 bits per heavy atom. The fraction of sp³-hybridized carbons (Fsp3) is 0.429. The molecular weight excluding hydrogens is 280 g/mol. The first-order chi connectivity index (χ1) is 11.3. The number of piperidine rings is 1. The van der Waals surface area contributed by atoms with Gasteiger partial charge in [-0.05, 0) is 50.4 Å². The number of fused-ring (bicyclic) bond motifs is 2. The summed E-state index contributed by atoms with van der Waals surface area (Å²) in [6.07, 6.45) is 5.36. The monoisotopic (exact) mass is 306 g/mol. The lowest BCUT2D eigenvalue weighted by Gasteiger charge is -2.43. The van der Waals surface area contributed by atoms with Gasteiger partial charge < -0.3 is 9.80 Å². The van der Waals surface area contributed by atoms with Crippen LogP contribution in [0, 0.1) is 0 Å². The minimum Gasteiger partial charge on any atom is -0.364 e. The summed E-state index contributed by atoms with van der Waals surface area (Å²) in [5.41, 5.74) is 2.77. The zero-order valence-corrected chi connectivity index (χ0v) is 13.9. The lowest BCUT2D eigenvalue weighted by molar-refractivity contribution is 0.158. The molecule has 0 spiro atoms. The van der Waals surface area contributed by atoms with Gasteiger partial charge in [0.2, 0.25) is 0 Å². The molecule has 2 atom stereocenters. The molecule has 23 heavy (non-hydrogen) atoms. The van der Waals surface area contributed by atoms with Crippen molar-refractivity contribution >= 4 is 5.69 Å². The average molecular weight is 306 g/mol. The van der Waals surface area contributed by atoms with E-state index in [0.717, 1.165) is 18.6 Å². The van der Waals surface area contributed by atoms with Gasteiger partial charge in [0.1, 0.15) is 0 Å². The second-order valence-corrected chi connectivity index (χ2v) is 7.12. The first kappa shape index (κ1) is 14.8. The summed E-state index contributed by atoms with van der Waals surface area (Å²) in [6.45, 7) is 1.01. The summed E-state index contributed by atoms with van der Waals surface area (Å²) in [4.78, 5) is 5.27. The van der Waals surface area contributed by atoms with Crippen LogP contribution in [-0.2, 0) is 6.54 Å². The topological polar surface area (TPSA) is 6.48 Å². The maximum absolute atomic E-state index is 2.65. The van der Waals surface area contributed by atoms with Crippen LogP contribution in [0.25, 0.3) is 0 Å². The lowest BCUT2D eigenvalue weighted by Crippen LogP contribution is -2.48. The van der Waals surface area contributed by atoms with Crippen LogP contribution in [0.3, 0.4) is 0 Å². The van der Waals surface area contributed by atoms with Gasteiger partial charge in [0, 0.05) is 30.4 Å². The Kier molecular flexibility index (Phi) is 4.09. The van der Waals surface area contributed by atoms with E-state index in [1.165, 1.54) is 36.9 Å².